The van der Waals surface area contributed by atoms with Crippen LogP contribution < -0.4 is 11.5 Å². The fourth-order valence-electron chi connectivity index (χ4n) is 1.69. The minimum atomic E-state index is -0.223. The highest BCUT2D eigenvalue weighted by atomic mass is 16.1. The van der Waals surface area contributed by atoms with Gasteiger partial charge in [-0.1, -0.05) is 19.3 Å². The average Bonchev–Trinajstić information content (AvgIpc) is 2.13. The normalized spacial score (nSPS) is 32.8. The summed E-state index contributed by atoms with van der Waals surface area (Å²) < 4.78 is 0. The fourth-order valence-corrected chi connectivity index (χ4v) is 1.69. The molecule has 3 heteroatoms. The molecule has 1 unspecified atom stereocenters. The maximum atomic E-state index is 10.9. The lowest BCUT2D eigenvalue weighted by Gasteiger charge is -2.16. The van der Waals surface area contributed by atoms with E-state index in [0.717, 1.165) is 25.7 Å². The second kappa shape index (κ2) is 3.72. The van der Waals surface area contributed by atoms with Crippen LogP contribution >= 0.6 is 0 Å². The van der Waals surface area contributed by atoms with Gasteiger partial charge in [-0.3, -0.25) is 4.79 Å². The summed E-state index contributed by atoms with van der Waals surface area (Å²) >= 11 is 0. The van der Waals surface area contributed by atoms with Crippen LogP contribution in [0.1, 0.15) is 32.1 Å². The second-order valence-electron chi connectivity index (χ2n) is 3.31. The zero-order valence-corrected chi connectivity index (χ0v) is 6.75. The molecule has 3 nitrogen and oxygen atoms in total. The zero-order chi connectivity index (χ0) is 8.27. The molecule has 0 radical (unpaired) electrons. The predicted octanol–water partition coefficient (Wildman–Crippen LogP) is 0.379. The number of nitrogens with two attached hydrogens (primary N) is 2. The van der Waals surface area contributed by atoms with Gasteiger partial charge < -0.3 is 11.5 Å². The second-order valence-corrected chi connectivity index (χ2v) is 3.31. The SMILES string of the molecule is NC(=O)C1CCCCC[C@@H]1N. The minimum Gasteiger partial charge on any atom is -0.369 e. The van der Waals surface area contributed by atoms with Gasteiger partial charge in [0.25, 0.3) is 0 Å². The lowest BCUT2D eigenvalue weighted by atomic mass is 9.95. The van der Waals surface area contributed by atoms with E-state index in [2.05, 4.69) is 0 Å². The highest BCUT2D eigenvalue weighted by molar-refractivity contribution is 5.77. The smallest absolute Gasteiger partial charge is 0.222 e. The van der Waals surface area contributed by atoms with Crippen molar-refractivity contribution >= 4 is 5.91 Å². The van der Waals surface area contributed by atoms with E-state index in [1.807, 2.05) is 0 Å². The Bertz CT molecular complexity index is 147. The van der Waals surface area contributed by atoms with Crippen molar-refractivity contribution in [3.8, 4) is 0 Å². The van der Waals surface area contributed by atoms with Gasteiger partial charge in [-0.05, 0) is 12.8 Å². The molecule has 1 amide bonds. The van der Waals surface area contributed by atoms with Crippen molar-refractivity contribution in [2.75, 3.05) is 0 Å². The quantitative estimate of drug-likeness (QED) is 0.539. The Morgan fingerprint density at radius 1 is 1.18 bits per heavy atom. The van der Waals surface area contributed by atoms with Crippen LogP contribution in [0.5, 0.6) is 0 Å². The Morgan fingerprint density at radius 2 is 1.82 bits per heavy atom. The maximum Gasteiger partial charge on any atom is 0.222 e. The van der Waals surface area contributed by atoms with Crippen LogP contribution in [-0.2, 0) is 4.79 Å². The van der Waals surface area contributed by atoms with Gasteiger partial charge in [-0.25, -0.2) is 0 Å². The highest BCUT2D eigenvalue weighted by Crippen LogP contribution is 2.21. The van der Waals surface area contributed by atoms with E-state index < -0.39 is 0 Å². The standard InChI is InChI=1S/C8H16N2O/c9-7-5-3-1-2-4-6(7)8(10)11/h6-7H,1-5,9H2,(H2,10,11)/t6?,7-/m0/s1. The van der Waals surface area contributed by atoms with Gasteiger partial charge in [0, 0.05) is 6.04 Å². The van der Waals surface area contributed by atoms with Crippen LogP contribution in [0, 0.1) is 5.92 Å². The van der Waals surface area contributed by atoms with Crippen molar-refractivity contribution in [2.24, 2.45) is 17.4 Å². The fraction of sp³-hybridized carbons (Fsp3) is 0.875. The topological polar surface area (TPSA) is 69.1 Å². The van der Waals surface area contributed by atoms with Crippen LogP contribution in [-0.4, -0.2) is 11.9 Å². The predicted molar refractivity (Wildman–Crippen MR) is 43.7 cm³/mol. The summed E-state index contributed by atoms with van der Waals surface area (Å²) in [7, 11) is 0. The molecule has 64 valence electrons. The Labute approximate surface area is 67.1 Å². The summed E-state index contributed by atoms with van der Waals surface area (Å²) in [5.74, 6) is -0.295. The van der Waals surface area contributed by atoms with E-state index in [4.69, 9.17) is 11.5 Å². The summed E-state index contributed by atoms with van der Waals surface area (Å²) in [6.07, 6.45) is 5.27. The summed E-state index contributed by atoms with van der Waals surface area (Å²) in [5, 5.41) is 0. The van der Waals surface area contributed by atoms with Gasteiger partial charge in [-0.2, -0.15) is 0 Å². The first-order valence-corrected chi connectivity index (χ1v) is 4.26. The maximum absolute atomic E-state index is 10.9. The summed E-state index contributed by atoms with van der Waals surface area (Å²) in [5.41, 5.74) is 11.0. The Morgan fingerprint density at radius 3 is 2.45 bits per heavy atom. The van der Waals surface area contributed by atoms with Gasteiger partial charge in [0.15, 0.2) is 0 Å². The molecule has 1 aliphatic rings. The molecular weight excluding hydrogens is 140 g/mol. The lowest BCUT2D eigenvalue weighted by Crippen LogP contribution is -2.38. The Kier molecular flexibility index (Phi) is 2.88. The summed E-state index contributed by atoms with van der Waals surface area (Å²) in [6, 6.07) is 0.00926. The largest absolute Gasteiger partial charge is 0.369 e. The number of primary amides is 1. The molecule has 0 aromatic carbocycles. The van der Waals surface area contributed by atoms with Crippen molar-refractivity contribution in [3.63, 3.8) is 0 Å². The molecule has 0 heterocycles. The van der Waals surface area contributed by atoms with E-state index in [0.29, 0.717) is 0 Å². The van der Waals surface area contributed by atoms with Crippen LogP contribution in [0.4, 0.5) is 0 Å². The molecule has 11 heavy (non-hydrogen) atoms. The molecule has 0 saturated heterocycles. The van der Waals surface area contributed by atoms with Crippen LogP contribution in [0.3, 0.4) is 0 Å². The van der Waals surface area contributed by atoms with Gasteiger partial charge in [0.05, 0.1) is 5.92 Å². The molecule has 1 fully saturated rings. The van der Waals surface area contributed by atoms with Crippen molar-refractivity contribution in [2.45, 2.75) is 38.1 Å². The number of carbonyl (C=O) groups is 1. The molecule has 2 atom stereocenters. The number of amides is 1. The van der Waals surface area contributed by atoms with Crippen LogP contribution in [0.25, 0.3) is 0 Å². The van der Waals surface area contributed by atoms with Crippen LogP contribution in [0.2, 0.25) is 0 Å². The molecule has 1 saturated carbocycles. The van der Waals surface area contributed by atoms with Gasteiger partial charge in [0.1, 0.15) is 0 Å². The summed E-state index contributed by atoms with van der Waals surface area (Å²) in [4.78, 5) is 10.9. The molecule has 0 aliphatic heterocycles. The zero-order valence-electron chi connectivity index (χ0n) is 6.75. The first-order valence-electron chi connectivity index (χ1n) is 4.26. The molecule has 0 bridgehead atoms. The first-order chi connectivity index (χ1) is 5.22. The third-order valence-corrected chi connectivity index (χ3v) is 2.43. The van der Waals surface area contributed by atoms with E-state index in [9.17, 15) is 4.79 Å². The summed E-state index contributed by atoms with van der Waals surface area (Å²) in [6.45, 7) is 0. The van der Waals surface area contributed by atoms with Crippen molar-refractivity contribution < 1.29 is 4.79 Å². The van der Waals surface area contributed by atoms with E-state index >= 15 is 0 Å². The first kappa shape index (κ1) is 8.53. The van der Waals surface area contributed by atoms with Crippen molar-refractivity contribution in [1.82, 2.24) is 0 Å². The average molecular weight is 156 g/mol. The van der Waals surface area contributed by atoms with E-state index in [1.165, 1.54) is 6.42 Å². The molecular formula is C8H16N2O. The number of hydrogen-bond acceptors (Lipinski definition) is 2. The van der Waals surface area contributed by atoms with Crippen molar-refractivity contribution in [3.05, 3.63) is 0 Å². The molecule has 1 rings (SSSR count). The third-order valence-electron chi connectivity index (χ3n) is 2.43. The monoisotopic (exact) mass is 156 g/mol. The highest BCUT2D eigenvalue weighted by Gasteiger charge is 2.24. The lowest BCUT2D eigenvalue weighted by molar-refractivity contribution is -0.122. The van der Waals surface area contributed by atoms with Gasteiger partial charge >= 0.3 is 0 Å². The number of rotatable bonds is 1. The number of hydrogen-bond donors (Lipinski definition) is 2. The molecule has 1 aliphatic carbocycles. The minimum absolute atomic E-state index is 0.00926. The van der Waals surface area contributed by atoms with E-state index in [-0.39, 0.29) is 17.9 Å². The van der Waals surface area contributed by atoms with Crippen LogP contribution in [0.15, 0.2) is 0 Å². The van der Waals surface area contributed by atoms with Gasteiger partial charge in [-0.15, -0.1) is 0 Å². The van der Waals surface area contributed by atoms with E-state index in [1.54, 1.807) is 0 Å². The number of carbonyl (C=O) groups excluding carboxylic acids is 1. The van der Waals surface area contributed by atoms with Crippen molar-refractivity contribution in [1.29, 1.82) is 0 Å². The third kappa shape index (κ3) is 2.19. The molecule has 4 N–H and O–H groups in total. The molecule has 0 spiro atoms. The Balaban J connectivity index is 2.52. The molecule has 0 aromatic heterocycles. The Hall–Kier alpha value is -0.570. The molecule has 0 aromatic rings. The van der Waals surface area contributed by atoms with Gasteiger partial charge in [0.2, 0.25) is 5.91 Å².